The van der Waals surface area contributed by atoms with Crippen molar-refractivity contribution in [2.45, 2.75) is 0 Å². The smallest absolute Gasteiger partial charge is 0.154 e. The largest absolute Gasteiger partial charge is 0.463 e. The number of carbonyl (C=O) groups is 1. The highest BCUT2D eigenvalue weighted by molar-refractivity contribution is 6.45. The number of aldehydes is 1. The molecule has 0 amide bonds. The Balaban J connectivity index is 2.95. The number of rotatable bonds is 1. The van der Waals surface area contributed by atoms with Gasteiger partial charge in [-0.3, -0.25) is 4.79 Å². The fourth-order valence-corrected chi connectivity index (χ4v) is 1.59. The summed E-state index contributed by atoms with van der Waals surface area (Å²) in [5.41, 5.74) is 0.939. The molecule has 0 fully saturated rings. The highest BCUT2D eigenvalue weighted by Crippen LogP contribution is 2.33. The van der Waals surface area contributed by atoms with Crippen molar-refractivity contribution in [3.05, 3.63) is 34.0 Å². The van der Waals surface area contributed by atoms with E-state index in [4.69, 9.17) is 27.6 Å². The molecule has 0 aliphatic carbocycles. The molecule has 66 valence electrons. The summed E-state index contributed by atoms with van der Waals surface area (Å²) in [6.45, 7) is 0. The molecular formula is C9H4Cl2O2. The zero-order chi connectivity index (χ0) is 9.42. The summed E-state index contributed by atoms with van der Waals surface area (Å²) < 4.78 is 5.10. The Labute approximate surface area is 84.0 Å². The van der Waals surface area contributed by atoms with Crippen molar-refractivity contribution in [3.8, 4) is 0 Å². The Hall–Kier alpha value is -0.990. The van der Waals surface area contributed by atoms with Gasteiger partial charge in [0.1, 0.15) is 5.02 Å². The van der Waals surface area contributed by atoms with E-state index < -0.39 is 0 Å². The summed E-state index contributed by atoms with van der Waals surface area (Å²) in [5, 5.41) is 1.35. The molecule has 0 aliphatic rings. The number of furan rings is 1. The zero-order valence-electron chi connectivity index (χ0n) is 6.38. The van der Waals surface area contributed by atoms with Crippen molar-refractivity contribution in [1.29, 1.82) is 0 Å². The standard InChI is InChI=1S/C9H4Cl2O2/c10-7-3-5(4-12)6-1-2-13-9(6)8(7)11/h1-4H. The first kappa shape index (κ1) is 8.60. The van der Waals surface area contributed by atoms with Crippen LogP contribution >= 0.6 is 23.2 Å². The Morgan fingerprint density at radius 2 is 2.15 bits per heavy atom. The first-order chi connectivity index (χ1) is 6.24. The highest BCUT2D eigenvalue weighted by atomic mass is 35.5. The fraction of sp³-hybridized carbons (Fsp3) is 0. The lowest BCUT2D eigenvalue weighted by molar-refractivity contribution is 0.112. The second-order valence-corrected chi connectivity index (χ2v) is 3.33. The van der Waals surface area contributed by atoms with Gasteiger partial charge in [0, 0.05) is 10.9 Å². The monoisotopic (exact) mass is 214 g/mol. The number of hydrogen-bond acceptors (Lipinski definition) is 2. The SMILES string of the molecule is O=Cc1cc(Cl)c(Cl)c2occc12. The molecule has 0 saturated heterocycles. The second kappa shape index (κ2) is 3.05. The maximum absolute atomic E-state index is 10.6. The molecule has 0 N–H and O–H groups in total. The van der Waals surface area contributed by atoms with E-state index in [2.05, 4.69) is 0 Å². The molecule has 13 heavy (non-hydrogen) atoms. The van der Waals surface area contributed by atoms with Gasteiger partial charge in [0.25, 0.3) is 0 Å². The normalized spacial score (nSPS) is 10.6. The van der Waals surface area contributed by atoms with Gasteiger partial charge in [-0.15, -0.1) is 0 Å². The van der Waals surface area contributed by atoms with Crippen LogP contribution < -0.4 is 0 Å². The Morgan fingerprint density at radius 3 is 2.85 bits per heavy atom. The Morgan fingerprint density at radius 1 is 1.38 bits per heavy atom. The second-order valence-electron chi connectivity index (χ2n) is 2.54. The Bertz CT molecular complexity index is 474. The maximum atomic E-state index is 10.6. The molecule has 0 aliphatic heterocycles. The van der Waals surface area contributed by atoms with Crippen LogP contribution in [0, 0.1) is 0 Å². The molecule has 0 unspecified atom stereocenters. The topological polar surface area (TPSA) is 30.2 Å². The lowest BCUT2D eigenvalue weighted by Crippen LogP contribution is -1.81. The van der Waals surface area contributed by atoms with E-state index in [-0.39, 0.29) is 0 Å². The molecule has 2 rings (SSSR count). The lowest BCUT2D eigenvalue weighted by atomic mass is 10.1. The van der Waals surface area contributed by atoms with Gasteiger partial charge in [-0.05, 0) is 12.1 Å². The van der Waals surface area contributed by atoms with Crippen molar-refractivity contribution in [1.82, 2.24) is 0 Å². The fourth-order valence-electron chi connectivity index (χ4n) is 1.19. The molecule has 2 nitrogen and oxygen atoms in total. The van der Waals surface area contributed by atoms with Crippen molar-refractivity contribution in [2.75, 3.05) is 0 Å². The molecule has 1 heterocycles. The van der Waals surface area contributed by atoms with Crippen LogP contribution in [0.1, 0.15) is 10.4 Å². The molecule has 0 radical (unpaired) electrons. The van der Waals surface area contributed by atoms with Gasteiger partial charge < -0.3 is 4.42 Å². The van der Waals surface area contributed by atoms with Crippen molar-refractivity contribution >= 4 is 40.5 Å². The molecule has 0 saturated carbocycles. The van der Waals surface area contributed by atoms with Crippen LogP contribution in [-0.4, -0.2) is 6.29 Å². The minimum absolute atomic E-state index is 0.325. The van der Waals surface area contributed by atoms with E-state index in [9.17, 15) is 4.79 Å². The zero-order valence-corrected chi connectivity index (χ0v) is 7.89. The van der Waals surface area contributed by atoms with Crippen molar-refractivity contribution < 1.29 is 9.21 Å². The number of halogens is 2. The van der Waals surface area contributed by atoms with E-state index in [1.54, 1.807) is 6.07 Å². The van der Waals surface area contributed by atoms with Crippen molar-refractivity contribution in [2.24, 2.45) is 0 Å². The molecule has 1 aromatic heterocycles. The number of benzene rings is 1. The van der Waals surface area contributed by atoms with E-state index in [0.29, 0.717) is 26.6 Å². The number of fused-ring (bicyclic) bond motifs is 1. The third-order valence-corrected chi connectivity index (χ3v) is 2.56. The molecule has 0 spiro atoms. The summed E-state index contributed by atoms with van der Waals surface area (Å²) in [7, 11) is 0. The van der Waals surface area contributed by atoms with Gasteiger partial charge in [-0.1, -0.05) is 23.2 Å². The van der Waals surface area contributed by atoms with Gasteiger partial charge in [0.2, 0.25) is 0 Å². The van der Waals surface area contributed by atoms with Gasteiger partial charge in [-0.2, -0.15) is 0 Å². The van der Waals surface area contributed by atoms with Crippen molar-refractivity contribution in [3.63, 3.8) is 0 Å². The predicted octanol–water partition coefficient (Wildman–Crippen LogP) is 3.55. The minimum Gasteiger partial charge on any atom is -0.463 e. The third-order valence-electron chi connectivity index (χ3n) is 1.79. The van der Waals surface area contributed by atoms with Crippen LogP contribution in [0.3, 0.4) is 0 Å². The van der Waals surface area contributed by atoms with Crippen LogP contribution in [0.15, 0.2) is 22.8 Å². The highest BCUT2D eigenvalue weighted by Gasteiger charge is 2.11. The van der Waals surface area contributed by atoms with Crippen LogP contribution in [0.4, 0.5) is 0 Å². The first-order valence-corrected chi connectivity index (χ1v) is 4.30. The molecule has 4 heteroatoms. The van der Waals surface area contributed by atoms with E-state index >= 15 is 0 Å². The van der Waals surface area contributed by atoms with E-state index in [1.165, 1.54) is 12.3 Å². The predicted molar refractivity (Wildman–Crippen MR) is 51.6 cm³/mol. The maximum Gasteiger partial charge on any atom is 0.154 e. The summed E-state index contributed by atoms with van der Waals surface area (Å²) in [4.78, 5) is 10.6. The van der Waals surface area contributed by atoms with Gasteiger partial charge in [0.15, 0.2) is 11.9 Å². The van der Waals surface area contributed by atoms with Crippen LogP contribution in [-0.2, 0) is 0 Å². The third kappa shape index (κ3) is 1.23. The summed E-state index contributed by atoms with van der Waals surface area (Å²) >= 11 is 11.6. The molecule has 0 atom stereocenters. The minimum atomic E-state index is 0.325. The van der Waals surface area contributed by atoms with Crippen LogP contribution in [0.2, 0.25) is 10.0 Å². The quantitative estimate of drug-likeness (QED) is 0.680. The number of carbonyl (C=O) groups excluding carboxylic acids is 1. The van der Waals surface area contributed by atoms with E-state index in [0.717, 1.165) is 6.29 Å². The summed E-state index contributed by atoms with van der Waals surface area (Å²) in [6.07, 6.45) is 2.19. The first-order valence-electron chi connectivity index (χ1n) is 3.54. The average molecular weight is 215 g/mol. The molecule has 2 aromatic rings. The number of hydrogen-bond donors (Lipinski definition) is 0. The van der Waals surface area contributed by atoms with E-state index in [1.807, 2.05) is 0 Å². The Kier molecular flexibility index (Phi) is 2.02. The summed E-state index contributed by atoms with van der Waals surface area (Å²) in [5.74, 6) is 0. The van der Waals surface area contributed by atoms with Gasteiger partial charge in [-0.25, -0.2) is 0 Å². The lowest BCUT2D eigenvalue weighted by Gasteiger charge is -1.98. The molecular weight excluding hydrogens is 211 g/mol. The molecule has 1 aromatic carbocycles. The average Bonchev–Trinajstić information content (AvgIpc) is 2.60. The summed E-state index contributed by atoms with van der Waals surface area (Å²) in [6, 6.07) is 3.20. The van der Waals surface area contributed by atoms with Crippen LogP contribution in [0.25, 0.3) is 11.0 Å². The van der Waals surface area contributed by atoms with Gasteiger partial charge in [0.05, 0.1) is 11.3 Å². The van der Waals surface area contributed by atoms with Gasteiger partial charge >= 0.3 is 0 Å². The molecule has 0 bridgehead atoms. The van der Waals surface area contributed by atoms with Crippen LogP contribution in [0.5, 0.6) is 0 Å².